The minimum atomic E-state index is -1.22. The topological polar surface area (TPSA) is 126 Å². The van der Waals surface area contributed by atoms with Gasteiger partial charge in [-0.25, -0.2) is 15.0 Å². The Kier molecular flexibility index (Phi) is 4.47. The van der Waals surface area contributed by atoms with Gasteiger partial charge in [0, 0.05) is 0 Å². The number of nitrogens with zero attached hydrogens (tertiary/aromatic N) is 4. The normalized spacial score (nSPS) is 25.7. The summed E-state index contributed by atoms with van der Waals surface area (Å²) < 4.78 is 7.03. The lowest BCUT2D eigenvalue weighted by molar-refractivity contribution is -0.0511. The van der Waals surface area contributed by atoms with Crippen molar-refractivity contribution in [1.82, 2.24) is 19.5 Å². The standard InChI is InChI=1S/C16H16ClN5O4/c17-8-3-1-2-4-9(8)21-14-11-15(19-6-18-14)22(7-20-11)16-13(25)12(24)10(5-23)26-16/h1-4,6-7,10,12-13,16,23-25H,5H2,(H,18,19,21)/t10-,12-,13-,16-/m0/s1. The number of nitrogens with one attached hydrogen (secondary N) is 1. The van der Waals surface area contributed by atoms with Crippen molar-refractivity contribution >= 4 is 34.3 Å². The van der Waals surface area contributed by atoms with Crippen LogP contribution in [0.3, 0.4) is 0 Å². The van der Waals surface area contributed by atoms with E-state index in [9.17, 15) is 15.3 Å². The highest BCUT2D eigenvalue weighted by atomic mass is 35.5. The highest BCUT2D eigenvalue weighted by molar-refractivity contribution is 6.33. The quantitative estimate of drug-likeness (QED) is 0.527. The molecule has 26 heavy (non-hydrogen) atoms. The number of rotatable bonds is 4. The molecule has 1 saturated heterocycles. The Balaban J connectivity index is 1.71. The second-order valence-electron chi connectivity index (χ2n) is 5.88. The third-order valence-corrected chi connectivity index (χ3v) is 4.61. The summed E-state index contributed by atoms with van der Waals surface area (Å²) in [5, 5.41) is 33.1. The number of benzene rings is 1. The monoisotopic (exact) mass is 377 g/mol. The molecule has 1 aromatic carbocycles. The van der Waals surface area contributed by atoms with Crippen LogP contribution in [-0.2, 0) is 4.74 Å². The van der Waals surface area contributed by atoms with E-state index in [-0.39, 0.29) is 0 Å². The molecule has 0 saturated carbocycles. The second kappa shape index (κ2) is 6.78. The maximum Gasteiger partial charge on any atom is 0.167 e. The molecule has 3 aromatic rings. The molecule has 1 aliphatic heterocycles. The SMILES string of the molecule is OC[C@@H]1O[C@H](n2cnc3c(Nc4ccccc4Cl)ncnc32)[C@@H](O)[C@H]1O. The number of hydrogen-bond acceptors (Lipinski definition) is 8. The number of fused-ring (bicyclic) bond motifs is 1. The van der Waals surface area contributed by atoms with Gasteiger partial charge < -0.3 is 25.4 Å². The van der Waals surface area contributed by atoms with E-state index in [0.717, 1.165) is 0 Å². The molecule has 10 heteroatoms. The van der Waals surface area contributed by atoms with Gasteiger partial charge in [-0.2, -0.15) is 0 Å². The molecule has 0 aliphatic carbocycles. The molecule has 1 aliphatic rings. The molecule has 4 atom stereocenters. The van der Waals surface area contributed by atoms with E-state index in [2.05, 4.69) is 20.3 Å². The minimum absolute atomic E-state index is 0.407. The number of aliphatic hydroxyl groups excluding tert-OH is 3. The van der Waals surface area contributed by atoms with Crippen LogP contribution < -0.4 is 5.32 Å². The average molecular weight is 378 g/mol. The first kappa shape index (κ1) is 17.1. The van der Waals surface area contributed by atoms with Gasteiger partial charge in [-0.1, -0.05) is 23.7 Å². The molecular formula is C16H16ClN5O4. The van der Waals surface area contributed by atoms with Gasteiger partial charge in [0.25, 0.3) is 0 Å². The third-order valence-electron chi connectivity index (χ3n) is 4.28. The first-order chi connectivity index (χ1) is 12.6. The third kappa shape index (κ3) is 2.79. The maximum atomic E-state index is 10.2. The summed E-state index contributed by atoms with van der Waals surface area (Å²) in [5.41, 5.74) is 1.52. The lowest BCUT2D eigenvalue weighted by Crippen LogP contribution is -2.33. The van der Waals surface area contributed by atoms with E-state index in [1.165, 1.54) is 17.2 Å². The summed E-state index contributed by atoms with van der Waals surface area (Å²) in [4.78, 5) is 12.7. The summed E-state index contributed by atoms with van der Waals surface area (Å²) in [6.45, 7) is -0.407. The summed E-state index contributed by atoms with van der Waals surface area (Å²) in [6.07, 6.45) is -1.44. The van der Waals surface area contributed by atoms with E-state index in [0.29, 0.717) is 27.7 Å². The first-order valence-corrected chi connectivity index (χ1v) is 8.29. The van der Waals surface area contributed by atoms with Crippen molar-refractivity contribution in [2.24, 2.45) is 0 Å². The predicted octanol–water partition coefficient (Wildman–Crippen LogP) is 0.835. The Bertz CT molecular complexity index is 936. The molecule has 1 fully saturated rings. The van der Waals surface area contributed by atoms with Gasteiger partial charge in [-0.3, -0.25) is 4.57 Å². The molecule has 0 amide bonds. The second-order valence-corrected chi connectivity index (χ2v) is 6.29. The van der Waals surface area contributed by atoms with Crippen LogP contribution in [0.5, 0.6) is 0 Å². The van der Waals surface area contributed by atoms with Gasteiger partial charge in [0.05, 0.1) is 23.6 Å². The zero-order valence-electron chi connectivity index (χ0n) is 13.4. The molecule has 0 bridgehead atoms. The Morgan fingerprint density at radius 3 is 2.69 bits per heavy atom. The highest BCUT2D eigenvalue weighted by Gasteiger charge is 2.44. The fourth-order valence-electron chi connectivity index (χ4n) is 2.93. The van der Waals surface area contributed by atoms with E-state index in [1.54, 1.807) is 12.1 Å². The van der Waals surface area contributed by atoms with E-state index in [4.69, 9.17) is 16.3 Å². The largest absolute Gasteiger partial charge is 0.394 e. The smallest absolute Gasteiger partial charge is 0.167 e. The molecule has 4 N–H and O–H groups in total. The summed E-state index contributed by atoms with van der Waals surface area (Å²) in [7, 11) is 0. The molecule has 0 radical (unpaired) electrons. The van der Waals surface area contributed by atoms with Crippen LogP contribution in [0, 0.1) is 0 Å². The average Bonchev–Trinajstić information content (AvgIpc) is 3.19. The van der Waals surface area contributed by atoms with Crippen molar-refractivity contribution in [2.45, 2.75) is 24.5 Å². The molecule has 136 valence electrons. The van der Waals surface area contributed by atoms with Crippen LogP contribution >= 0.6 is 11.6 Å². The van der Waals surface area contributed by atoms with Crippen molar-refractivity contribution in [3.63, 3.8) is 0 Å². The summed E-state index contributed by atoms with van der Waals surface area (Å²) in [6, 6.07) is 7.21. The van der Waals surface area contributed by atoms with Crippen LogP contribution in [-0.4, -0.2) is 59.8 Å². The first-order valence-electron chi connectivity index (χ1n) is 7.91. The molecule has 0 unspecified atom stereocenters. The molecule has 0 spiro atoms. The van der Waals surface area contributed by atoms with Gasteiger partial charge in [0.15, 0.2) is 23.2 Å². The van der Waals surface area contributed by atoms with Gasteiger partial charge in [0.1, 0.15) is 24.6 Å². The highest BCUT2D eigenvalue weighted by Crippen LogP contribution is 2.33. The van der Waals surface area contributed by atoms with Crippen molar-refractivity contribution in [1.29, 1.82) is 0 Å². The van der Waals surface area contributed by atoms with E-state index < -0.39 is 31.1 Å². The lowest BCUT2D eigenvalue weighted by Gasteiger charge is -2.16. The van der Waals surface area contributed by atoms with Gasteiger partial charge in [0.2, 0.25) is 0 Å². The number of hydrogen-bond donors (Lipinski definition) is 4. The zero-order valence-corrected chi connectivity index (χ0v) is 14.2. The van der Waals surface area contributed by atoms with Gasteiger partial charge in [-0.05, 0) is 12.1 Å². The Labute approximate surface area is 152 Å². The lowest BCUT2D eigenvalue weighted by atomic mass is 10.1. The van der Waals surface area contributed by atoms with Crippen LogP contribution in [0.4, 0.5) is 11.5 Å². The molecule has 2 aromatic heterocycles. The van der Waals surface area contributed by atoms with Crippen molar-refractivity contribution in [3.05, 3.63) is 41.9 Å². The summed E-state index contributed by atoms with van der Waals surface area (Å²) >= 11 is 6.17. The van der Waals surface area contributed by atoms with Crippen molar-refractivity contribution < 1.29 is 20.1 Å². The fraction of sp³-hybridized carbons (Fsp3) is 0.312. The number of para-hydroxylation sites is 1. The molecule has 3 heterocycles. The molecular weight excluding hydrogens is 362 g/mol. The maximum absolute atomic E-state index is 10.2. The van der Waals surface area contributed by atoms with Crippen molar-refractivity contribution in [3.8, 4) is 0 Å². The molecule has 4 rings (SSSR count). The number of imidazole rings is 1. The van der Waals surface area contributed by atoms with Gasteiger partial charge in [-0.15, -0.1) is 0 Å². The van der Waals surface area contributed by atoms with Crippen LogP contribution in [0.2, 0.25) is 5.02 Å². The number of aromatic nitrogens is 4. The van der Waals surface area contributed by atoms with Crippen LogP contribution in [0.1, 0.15) is 6.23 Å². The minimum Gasteiger partial charge on any atom is -0.394 e. The van der Waals surface area contributed by atoms with Crippen molar-refractivity contribution in [2.75, 3.05) is 11.9 Å². The number of halogens is 1. The number of ether oxygens (including phenoxy) is 1. The number of anilines is 2. The molecule has 9 nitrogen and oxygen atoms in total. The van der Waals surface area contributed by atoms with Crippen LogP contribution in [0.15, 0.2) is 36.9 Å². The Morgan fingerprint density at radius 1 is 1.15 bits per heavy atom. The Hall–Kier alpha value is -2.30. The zero-order chi connectivity index (χ0) is 18.3. The van der Waals surface area contributed by atoms with Gasteiger partial charge >= 0.3 is 0 Å². The van der Waals surface area contributed by atoms with E-state index >= 15 is 0 Å². The predicted molar refractivity (Wildman–Crippen MR) is 93.1 cm³/mol. The number of aliphatic hydroxyl groups is 3. The Morgan fingerprint density at radius 2 is 1.96 bits per heavy atom. The fourth-order valence-corrected chi connectivity index (χ4v) is 3.11. The van der Waals surface area contributed by atoms with E-state index in [1.807, 2.05) is 12.1 Å². The van der Waals surface area contributed by atoms with Crippen LogP contribution in [0.25, 0.3) is 11.2 Å². The summed E-state index contributed by atoms with van der Waals surface area (Å²) in [5.74, 6) is 0.439.